The van der Waals surface area contributed by atoms with E-state index in [9.17, 15) is 0 Å². The van der Waals surface area contributed by atoms with Crippen LogP contribution in [0.2, 0.25) is 0 Å². The van der Waals surface area contributed by atoms with Gasteiger partial charge in [0.05, 0.1) is 13.2 Å². The number of nitrogens with zero attached hydrogens (tertiary/aromatic N) is 2. The van der Waals surface area contributed by atoms with Gasteiger partial charge in [-0.2, -0.15) is 0 Å². The van der Waals surface area contributed by atoms with E-state index in [0.29, 0.717) is 24.4 Å². The fourth-order valence-corrected chi connectivity index (χ4v) is 3.16. The molecule has 1 aliphatic rings. The molecule has 1 saturated carbocycles. The number of aliphatic imine (C=N–C) groups is 1. The van der Waals surface area contributed by atoms with Crippen molar-refractivity contribution in [1.29, 1.82) is 0 Å². The largest absolute Gasteiger partial charge is 0.477 e. The summed E-state index contributed by atoms with van der Waals surface area (Å²) in [7, 11) is 1.78. The Morgan fingerprint density at radius 1 is 1.27 bits per heavy atom. The average Bonchev–Trinajstić information content (AvgIpc) is 2.63. The third kappa shape index (κ3) is 6.16. The number of nitrogens with one attached hydrogen (secondary N) is 2. The lowest BCUT2D eigenvalue weighted by Gasteiger charge is -2.42. The molecule has 146 valence electrons. The quantitative estimate of drug-likeness (QED) is 0.468. The first kappa shape index (κ1) is 20.5. The second kappa shape index (κ2) is 11.0. The molecular weight excluding hydrogens is 328 g/mol. The number of rotatable bonds is 11. The maximum absolute atomic E-state index is 5.73. The first-order chi connectivity index (χ1) is 12.7. The maximum atomic E-state index is 5.73. The number of ether oxygens (including phenoxy) is 2. The van der Waals surface area contributed by atoms with E-state index in [1.807, 2.05) is 12.1 Å². The Hall–Kier alpha value is -1.82. The van der Waals surface area contributed by atoms with Gasteiger partial charge in [0.1, 0.15) is 0 Å². The van der Waals surface area contributed by atoms with E-state index in [-0.39, 0.29) is 0 Å². The topological polar surface area (TPSA) is 67.8 Å². The van der Waals surface area contributed by atoms with Crippen molar-refractivity contribution in [1.82, 2.24) is 15.6 Å². The minimum absolute atomic E-state index is 0.357. The highest BCUT2D eigenvalue weighted by atomic mass is 16.5. The van der Waals surface area contributed by atoms with E-state index in [1.54, 1.807) is 13.3 Å². The van der Waals surface area contributed by atoms with Gasteiger partial charge in [0.25, 0.3) is 0 Å². The van der Waals surface area contributed by atoms with Gasteiger partial charge in [-0.15, -0.1) is 0 Å². The van der Waals surface area contributed by atoms with Crippen LogP contribution >= 0.6 is 0 Å². The highest BCUT2D eigenvalue weighted by molar-refractivity contribution is 5.79. The van der Waals surface area contributed by atoms with Gasteiger partial charge in [-0.05, 0) is 44.1 Å². The Labute approximate surface area is 157 Å². The summed E-state index contributed by atoms with van der Waals surface area (Å²) in [6, 6.07) is 3.95. The third-order valence-corrected chi connectivity index (χ3v) is 4.93. The van der Waals surface area contributed by atoms with Crippen LogP contribution in [0.3, 0.4) is 0 Å². The smallest absolute Gasteiger partial charge is 0.218 e. The summed E-state index contributed by atoms with van der Waals surface area (Å²) in [6.07, 6.45) is 7.67. The molecule has 0 radical (unpaired) electrons. The molecule has 1 aliphatic carbocycles. The minimum Gasteiger partial charge on any atom is -0.477 e. The van der Waals surface area contributed by atoms with Crippen LogP contribution in [0.25, 0.3) is 0 Å². The molecule has 1 heterocycles. The molecule has 26 heavy (non-hydrogen) atoms. The fourth-order valence-electron chi connectivity index (χ4n) is 3.16. The normalized spacial score (nSPS) is 16.0. The third-order valence-electron chi connectivity index (χ3n) is 4.93. The molecule has 1 aromatic rings. The second-order valence-electron chi connectivity index (χ2n) is 6.96. The zero-order chi connectivity index (χ0) is 18.7. The lowest BCUT2D eigenvalue weighted by Crippen LogP contribution is -2.47. The molecule has 0 unspecified atom stereocenters. The summed E-state index contributed by atoms with van der Waals surface area (Å²) in [6.45, 7) is 8.00. The minimum atomic E-state index is 0.357. The Bertz CT molecular complexity index is 558. The molecule has 0 bridgehead atoms. The Morgan fingerprint density at radius 2 is 2.12 bits per heavy atom. The highest BCUT2D eigenvalue weighted by Crippen LogP contribution is 2.43. The van der Waals surface area contributed by atoms with Gasteiger partial charge in [0.2, 0.25) is 5.88 Å². The summed E-state index contributed by atoms with van der Waals surface area (Å²) in [5, 5.41) is 6.87. The number of hydrogen-bond acceptors (Lipinski definition) is 4. The Morgan fingerprint density at radius 3 is 2.77 bits per heavy atom. The van der Waals surface area contributed by atoms with Crippen LogP contribution in [-0.2, 0) is 11.3 Å². The predicted octanol–water partition coefficient (Wildman–Crippen LogP) is 3.13. The molecule has 0 atom stereocenters. The van der Waals surface area contributed by atoms with Gasteiger partial charge in [0, 0.05) is 38.6 Å². The zero-order valence-corrected chi connectivity index (χ0v) is 16.5. The zero-order valence-electron chi connectivity index (χ0n) is 16.5. The summed E-state index contributed by atoms with van der Waals surface area (Å²) >= 11 is 0. The van der Waals surface area contributed by atoms with Crippen LogP contribution in [0.4, 0.5) is 0 Å². The molecule has 0 saturated heterocycles. The molecule has 2 rings (SSSR count). The van der Waals surface area contributed by atoms with Crippen LogP contribution in [0.5, 0.6) is 5.88 Å². The molecule has 0 amide bonds. The van der Waals surface area contributed by atoms with Crippen LogP contribution in [-0.4, -0.2) is 44.4 Å². The standard InChI is InChI=1S/C20H34N4O2/c1-4-13-26-18-17(8-6-12-22-18)15-23-19(21-5-2)24-16-20(9-7-10-20)11-14-25-3/h6,8,12H,4-5,7,9-11,13-16H2,1-3H3,(H2,21,23,24). The van der Waals surface area contributed by atoms with Crippen molar-refractivity contribution in [2.75, 3.05) is 33.4 Å². The molecular formula is C20H34N4O2. The van der Waals surface area contributed by atoms with Gasteiger partial charge in [0.15, 0.2) is 5.96 Å². The Balaban J connectivity index is 1.96. The van der Waals surface area contributed by atoms with Gasteiger partial charge in [-0.3, -0.25) is 0 Å². The monoisotopic (exact) mass is 362 g/mol. The van der Waals surface area contributed by atoms with E-state index in [2.05, 4.69) is 29.5 Å². The first-order valence-corrected chi connectivity index (χ1v) is 9.81. The second-order valence-corrected chi connectivity index (χ2v) is 6.96. The van der Waals surface area contributed by atoms with Gasteiger partial charge in [-0.1, -0.05) is 19.4 Å². The number of guanidine groups is 1. The molecule has 2 N–H and O–H groups in total. The van der Waals surface area contributed by atoms with E-state index in [0.717, 1.165) is 44.1 Å². The van der Waals surface area contributed by atoms with Crippen molar-refractivity contribution in [2.45, 2.75) is 52.5 Å². The number of pyridine rings is 1. The molecule has 0 aromatic carbocycles. The number of methoxy groups -OCH3 is 1. The van der Waals surface area contributed by atoms with Crippen molar-refractivity contribution >= 4 is 5.96 Å². The SMILES string of the molecule is CCCOc1ncccc1CN=C(NCC)NCC1(CCOC)CCC1. The van der Waals surface area contributed by atoms with Crippen LogP contribution in [0, 0.1) is 5.41 Å². The summed E-state index contributed by atoms with van der Waals surface area (Å²) in [5.74, 6) is 1.53. The van der Waals surface area contributed by atoms with Crippen molar-refractivity contribution in [3.8, 4) is 5.88 Å². The molecule has 0 aliphatic heterocycles. The Kier molecular flexibility index (Phi) is 8.68. The van der Waals surface area contributed by atoms with Crippen molar-refractivity contribution in [3.63, 3.8) is 0 Å². The summed E-state index contributed by atoms with van der Waals surface area (Å²) in [5.41, 5.74) is 1.37. The number of hydrogen-bond donors (Lipinski definition) is 2. The van der Waals surface area contributed by atoms with E-state index < -0.39 is 0 Å². The summed E-state index contributed by atoms with van der Waals surface area (Å²) in [4.78, 5) is 9.07. The molecule has 6 heteroatoms. The van der Waals surface area contributed by atoms with E-state index in [1.165, 1.54) is 19.3 Å². The van der Waals surface area contributed by atoms with Gasteiger partial charge < -0.3 is 20.1 Å². The van der Waals surface area contributed by atoms with E-state index in [4.69, 9.17) is 14.5 Å². The molecule has 1 aromatic heterocycles. The van der Waals surface area contributed by atoms with Crippen LogP contribution in [0.15, 0.2) is 23.3 Å². The maximum Gasteiger partial charge on any atom is 0.218 e. The average molecular weight is 363 g/mol. The highest BCUT2D eigenvalue weighted by Gasteiger charge is 2.36. The van der Waals surface area contributed by atoms with Gasteiger partial charge in [-0.25, -0.2) is 9.98 Å². The lowest BCUT2D eigenvalue weighted by atomic mass is 9.67. The molecule has 1 fully saturated rings. The predicted molar refractivity (Wildman–Crippen MR) is 106 cm³/mol. The molecule has 0 spiro atoms. The van der Waals surface area contributed by atoms with Crippen molar-refractivity contribution in [2.24, 2.45) is 10.4 Å². The number of aromatic nitrogens is 1. The molecule has 6 nitrogen and oxygen atoms in total. The lowest BCUT2D eigenvalue weighted by molar-refractivity contribution is 0.0732. The first-order valence-electron chi connectivity index (χ1n) is 9.81. The fraction of sp³-hybridized carbons (Fsp3) is 0.700. The van der Waals surface area contributed by atoms with Crippen molar-refractivity contribution in [3.05, 3.63) is 23.9 Å². The van der Waals surface area contributed by atoms with Crippen LogP contribution in [0.1, 0.15) is 51.5 Å². The van der Waals surface area contributed by atoms with E-state index >= 15 is 0 Å². The van der Waals surface area contributed by atoms with Gasteiger partial charge >= 0.3 is 0 Å². The summed E-state index contributed by atoms with van der Waals surface area (Å²) < 4.78 is 11.0. The van der Waals surface area contributed by atoms with Crippen molar-refractivity contribution < 1.29 is 9.47 Å². The van der Waals surface area contributed by atoms with Crippen LogP contribution < -0.4 is 15.4 Å².